The van der Waals surface area contributed by atoms with Crippen LogP contribution in [0.4, 0.5) is 4.39 Å². The Labute approximate surface area is 139 Å². The number of nitrogens with zero attached hydrogens (tertiary/aromatic N) is 2. The Kier molecular flexibility index (Phi) is 4.20. The molecule has 0 atom stereocenters. The molecule has 0 aliphatic rings. The molecule has 1 heterocycles. The molecule has 0 N–H and O–H groups in total. The normalized spacial score (nSPS) is 11.2. The quantitative estimate of drug-likeness (QED) is 0.553. The van der Waals surface area contributed by atoms with E-state index in [2.05, 4.69) is 20.9 Å². The third-order valence-electron chi connectivity index (χ3n) is 3.18. The molecule has 0 unspecified atom stereocenters. The van der Waals surface area contributed by atoms with Crippen molar-refractivity contribution in [2.24, 2.45) is 0 Å². The number of para-hydroxylation sites is 1. The summed E-state index contributed by atoms with van der Waals surface area (Å²) >= 11 is 15.3. The van der Waals surface area contributed by atoms with E-state index < -0.39 is 5.82 Å². The average Bonchev–Trinajstić information content (AvgIpc) is 2.78. The Morgan fingerprint density at radius 1 is 1.24 bits per heavy atom. The van der Waals surface area contributed by atoms with Crippen molar-refractivity contribution in [1.82, 2.24) is 9.55 Å². The predicted octanol–water partition coefficient (Wildman–Crippen LogP) is 5.36. The first kappa shape index (κ1) is 14.8. The van der Waals surface area contributed by atoms with Gasteiger partial charge in [0, 0.05) is 22.8 Å². The third kappa shape index (κ3) is 2.68. The Hall–Kier alpha value is -1.10. The molecule has 0 spiro atoms. The van der Waals surface area contributed by atoms with Crippen LogP contribution in [0.25, 0.3) is 16.7 Å². The third-order valence-corrected chi connectivity index (χ3v) is 4.33. The Bertz CT molecular complexity index is 817. The van der Waals surface area contributed by atoms with Crippen LogP contribution in [-0.2, 0) is 6.42 Å². The van der Waals surface area contributed by atoms with Gasteiger partial charge in [0.25, 0.3) is 0 Å². The number of imidazole rings is 1. The van der Waals surface area contributed by atoms with Crippen LogP contribution in [0.15, 0.2) is 40.9 Å². The number of fused-ring (bicyclic) bond motifs is 1. The van der Waals surface area contributed by atoms with Gasteiger partial charge in [0.2, 0.25) is 0 Å². The molecule has 0 aliphatic heterocycles. The summed E-state index contributed by atoms with van der Waals surface area (Å²) in [6, 6.07) is 10.7. The fourth-order valence-electron chi connectivity index (χ4n) is 2.28. The van der Waals surface area contributed by atoms with E-state index in [9.17, 15) is 4.39 Å². The van der Waals surface area contributed by atoms with Crippen molar-refractivity contribution in [3.63, 3.8) is 0 Å². The highest BCUT2D eigenvalue weighted by Gasteiger charge is 2.16. The van der Waals surface area contributed by atoms with E-state index in [1.54, 1.807) is 6.07 Å². The first-order valence-electron chi connectivity index (χ1n) is 6.29. The van der Waals surface area contributed by atoms with Gasteiger partial charge in [-0.05, 0) is 34.1 Å². The zero-order valence-electron chi connectivity index (χ0n) is 10.8. The molecule has 1 aromatic heterocycles. The molecule has 21 heavy (non-hydrogen) atoms. The molecule has 0 amide bonds. The van der Waals surface area contributed by atoms with Crippen LogP contribution in [0, 0.1) is 5.82 Å². The minimum Gasteiger partial charge on any atom is -0.295 e. The highest BCUT2D eigenvalue weighted by atomic mass is 79.9. The average molecular weight is 388 g/mol. The van der Waals surface area contributed by atoms with Gasteiger partial charge in [0.05, 0.1) is 21.7 Å². The fourth-order valence-corrected chi connectivity index (χ4v) is 3.07. The summed E-state index contributed by atoms with van der Waals surface area (Å²) in [5, 5.41) is 0.0770. The van der Waals surface area contributed by atoms with Crippen molar-refractivity contribution >= 4 is 50.2 Å². The van der Waals surface area contributed by atoms with Crippen molar-refractivity contribution in [2.45, 2.75) is 6.42 Å². The van der Waals surface area contributed by atoms with E-state index in [-0.39, 0.29) is 5.02 Å². The highest BCUT2D eigenvalue weighted by molar-refractivity contribution is 9.10. The second kappa shape index (κ2) is 5.95. The molecular weight excluding hydrogens is 378 g/mol. The largest absolute Gasteiger partial charge is 0.295 e. The number of hydrogen-bond acceptors (Lipinski definition) is 1. The second-order valence-electron chi connectivity index (χ2n) is 4.51. The second-order valence-corrected chi connectivity index (χ2v) is 6.15. The van der Waals surface area contributed by atoms with Crippen molar-refractivity contribution < 1.29 is 4.39 Å². The summed E-state index contributed by atoms with van der Waals surface area (Å²) in [6.07, 6.45) is 0.580. The van der Waals surface area contributed by atoms with E-state index in [4.69, 9.17) is 23.2 Å². The maximum Gasteiger partial charge on any atom is 0.144 e. The number of alkyl halides is 1. The van der Waals surface area contributed by atoms with Gasteiger partial charge >= 0.3 is 0 Å². The number of benzene rings is 2. The monoisotopic (exact) mass is 386 g/mol. The van der Waals surface area contributed by atoms with E-state index in [0.29, 0.717) is 17.8 Å². The molecule has 0 saturated carbocycles. The summed E-state index contributed by atoms with van der Waals surface area (Å²) in [6.45, 7) is 0. The molecule has 0 radical (unpaired) electrons. The van der Waals surface area contributed by atoms with E-state index >= 15 is 0 Å². The Balaban J connectivity index is 2.35. The summed E-state index contributed by atoms with van der Waals surface area (Å²) < 4.78 is 16.5. The zero-order chi connectivity index (χ0) is 15.0. The van der Waals surface area contributed by atoms with E-state index in [1.165, 1.54) is 6.07 Å². The molecule has 3 aromatic rings. The standard InChI is InChI=1S/C15H10BrCl2FN2/c16-9-3-1-2-4-13(9)21-14-7-10(18)11(19)8-12(14)20-15(21)5-6-17/h1-4,7-8H,5-6H2. The van der Waals surface area contributed by atoms with Gasteiger partial charge in [0.15, 0.2) is 0 Å². The van der Waals surface area contributed by atoms with Crippen LogP contribution >= 0.6 is 39.1 Å². The highest BCUT2D eigenvalue weighted by Crippen LogP contribution is 2.30. The maximum absolute atomic E-state index is 13.6. The lowest BCUT2D eigenvalue weighted by atomic mass is 10.2. The van der Waals surface area contributed by atoms with Crippen LogP contribution in [-0.4, -0.2) is 15.4 Å². The molecule has 0 saturated heterocycles. The van der Waals surface area contributed by atoms with Crippen molar-refractivity contribution in [1.29, 1.82) is 0 Å². The molecule has 0 bridgehead atoms. The van der Waals surface area contributed by atoms with Gasteiger partial charge in [-0.15, -0.1) is 11.6 Å². The Morgan fingerprint density at radius 2 is 2.00 bits per heavy atom. The fraction of sp³-hybridized carbons (Fsp3) is 0.133. The van der Waals surface area contributed by atoms with Gasteiger partial charge in [-0.2, -0.15) is 0 Å². The molecule has 0 aliphatic carbocycles. The lowest BCUT2D eigenvalue weighted by molar-refractivity contribution is 0.630. The van der Waals surface area contributed by atoms with Crippen LogP contribution in [0.5, 0.6) is 0 Å². The lowest BCUT2D eigenvalue weighted by Gasteiger charge is -2.10. The van der Waals surface area contributed by atoms with Gasteiger partial charge < -0.3 is 0 Å². The number of aromatic nitrogens is 2. The van der Waals surface area contributed by atoms with Crippen LogP contribution in [0.2, 0.25) is 5.02 Å². The predicted molar refractivity (Wildman–Crippen MR) is 88.2 cm³/mol. The van der Waals surface area contributed by atoms with Gasteiger partial charge in [0.1, 0.15) is 11.6 Å². The van der Waals surface area contributed by atoms with Crippen LogP contribution < -0.4 is 0 Å². The zero-order valence-corrected chi connectivity index (χ0v) is 13.9. The lowest BCUT2D eigenvalue weighted by Crippen LogP contribution is -2.03. The molecule has 0 fully saturated rings. The molecular formula is C15H10BrCl2FN2. The number of aryl methyl sites for hydroxylation is 1. The van der Waals surface area contributed by atoms with E-state index in [0.717, 1.165) is 21.5 Å². The van der Waals surface area contributed by atoms with Crippen LogP contribution in [0.1, 0.15) is 5.82 Å². The SMILES string of the molecule is Fc1cc2nc(CCCl)n(-c3ccccc3Br)c2cc1Cl. The minimum absolute atomic E-state index is 0.0770. The molecule has 2 nitrogen and oxygen atoms in total. The minimum atomic E-state index is -0.474. The topological polar surface area (TPSA) is 17.8 Å². The number of rotatable bonds is 3. The summed E-state index contributed by atoms with van der Waals surface area (Å²) in [7, 11) is 0. The van der Waals surface area contributed by atoms with Crippen molar-refractivity contribution in [3.05, 3.63) is 57.5 Å². The first-order chi connectivity index (χ1) is 10.1. The molecule has 108 valence electrons. The summed E-state index contributed by atoms with van der Waals surface area (Å²) in [5.74, 6) is 0.733. The van der Waals surface area contributed by atoms with Crippen molar-refractivity contribution in [2.75, 3.05) is 5.88 Å². The molecule has 2 aromatic carbocycles. The first-order valence-corrected chi connectivity index (χ1v) is 7.99. The Morgan fingerprint density at radius 3 is 2.71 bits per heavy atom. The van der Waals surface area contributed by atoms with Gasteiger partial charge in [-0.25, -0.2) is 9.37 Å². The molecule has 3 rings (SSSR count). The smallest absolute Gasteiger partial charge is 0.144 e. The molecule has 6 heteroatoms. The number of halogens is 4. The number of hydrogen-bond donors (Lipinski definition) is 0. The van der Waals surface area contributed by atoms with E-state index in [1.807, 2.05) is 28.8 Å². The maximum atomic E-state index is 13.6. The van der Waals surface area contributed by atoms with Crippen molar-refractivity contribution in [3.8, 4) is 5.69 Å². The van der Waals surface area contributed by atoms with Gasteiger partial charge in [-0.1, -0.05) is 23.7 Å². The van der Waals surface area contributed by atoms with Crippen LogP contribution in [0.3, 0.4) is 0 Å². The van der Waals surface area contributed by atoms with Gasteiger partial charge in [-0.3, -0.25) is 4.57 Å². The summed E-state index contributed by atoms with van der Waals surface area (Å²) in [4.78, 5) is 4.48. The summed E-state index contributed by atoms with van der Waals surface area (Å²) in [5.41, 5.74) is 2.24.